The van der Waals surface area contributed by atoms with Crippen LogP contribution in [0, 0.1) is 11.8 Å². The lowest BCUT2D eigenvalue weighted by Crippen LogP contribution is -2.30. The van der Waals surface area contributed by atoms with Crippen LogP contribution in [0.25, 0.3) is 0 Å². The number of rotatable bonds is 43. The number of esters is 3. The standard InChI is InChI=1S/C49H94O6/c1-6-9-10-11-12-13-14-15-16-20-23-29-34-39-47(50)53-42-46(55-49(52)41-36-31-26-25-28-33-38-45(5)8-3)43-54-48(51)40-35-30-24-21-18-17-19-22-27-32-37-44(4)7-2/h44-46H,6-43H2,1-5H3/t44?,45?,46-/m1/s1. The van der Waals surface area contributed by atoms with Crippen LogP contribution in [0.15, 0.2) is 0 Å². The van der Waals surface area contributed by atoms with Gasteiger partial charge in [-0.1, -0.05) is 227 Å². The van der Waals surface area contributed by atoms with E-state index in [1.54, 1.807) is 0 Å². The minimum Gasteiger partial charge on any atom is -0.462 e. The first-order chi connectivity index (χ1) is 26.8. The summed E-state index contributed by atoms with van der Waals surface area (Å²) in [4.78, 5) is 37.8. The van der Waals surface area contributed by atoms with Crippen molar-refractivity contribution < 1.29 is 28.6 Å². The third kappa shape index (κ3) is 40.4. The minimum absolute atomic E-state index is 0.0651. The van der Waals surface area contributed by atoms with Crippen molar-refractivity contribution in [3.8, 4) is 0 Å². The van der Waals surface area contributed by atoms with Crippen molar-refractivity contribution in [1.29, 1.82) is 0 Å². The van der Waals surface area contributed by atoms with E-state index in [0.717, 1.165) is 69.6 Å². The van der Waals surface area contributed by atoms with Gasteiger partial charge in [-0.2, -0.15) is 0 Å². The summed E-state index contributed by atoms with van der Waals surface area (Å²) in [5.41, 5.74) is 0. The second-order valence-electron chi connectivity index (χ2n) is 17.2. The molecule has 55 heavy (non-hydrogen) atoms. The molecule has 0 aromatic heterocycles. The van der Waals surface area contributed by atoms with Crippen molar-refractivity contribution >= 4 is 17.9 Å². The van der Waals surface area contributed by atoms with Crippen LogP contribution in [0.5, 0.6) is 0 Å². The first-order valence-corrected chi connectivity index (χ1v) is 24.3. The third-order valence-electron chi connectivity index (χ3n) is 11.7. The largest absolute Gasteiger partial charge is 0.462 e. The van der Waals surface area contributed by atoms with Gasteiger partial charge in [0, 0.05) is 19.3 Å². The van der Waals surface area contributed by atoms with Crippen LogP contribution in [-0.4, -0.2) is 37.2 Å². The Balaban J connectivity index is 4.32. The van der Waals surface area contributed by atoms with E-state index >= 15 is 0 Å². The third-order valence-corrected chi connectivity index (χ3v) is 11.7. The zero-order valence-corrected chi connectivity index (χ0v) is 37.6. The quantitative estimate of drug-likeness (QED) is 0.0348. The van der Waals surface area contributed by atoms with Crippen LogP contribution in [-0.2, 0) is 28.6 Å². The summed E-state index contributed by atoms with van der Waals surface area (Å²) in [5, 5.41) is 0. The maximum absolute atomic E-state index is 12.7. The number of unbranched alkanes of at least 4 members (excludes halogenated alkanes) is 26. The molecule has 0 saturated carbocycles. The molecule has 6 heteroatoms. The Morgan fingerprint density at radius 1 is 0.364 bits per heavy atom. The minimum atomic E-state index is -0.761. The Kier molecular flexibility index (Phi) is 40.8. The van der Waals surface area contributed by atoms with Gasteiger partial charge < -0.3 is 14.2 Å². The maximum atomic E-state index is 12.7. The van der Waals surface area contributed by atoms with E-state index in [1.807, 2.05) is 0 Å². The first kappa shape index (κ1) is 53.4. The summed E-state index contributed by atoms with van der Waals surface area (Å²) >= 11 is 0. The van der Waals surface area contributed by atoms with Gasteiger partial charge >= 0.3 is 17.9 Å². The summed E-state index contributed by atoms with van der Waals surface area (Å²) in [7, 11) is 0. The molecule has 0 rings (SSSR count). The first-order valence-electron chi connectivity index (χ1n) is 24.3. The number of carbonyl (C=O) groups is 3. The average Bonchev–Trinajstić information content (AvgIpc) is 3.18. The van der Waals surface area contributed by atoms with Crippen molar-refractivity contribution in [3.05, 3.63) is 0 Å². The topological polar surface area (TPSA) is 78.9 Å². The summed E-state index contributed by atoms with van der Waals surface area (Å²) < 4.78 is 16.8. The molecule has 3 atom stereocenters. The van der Waals surface area contributed by atoms with Crippen molar-refractivity contribution in [1.82, 2.24) is 0 Å². The molecule has 0 bridgehead atoms. The van der Waals surface area contributed by atoms with Gasteiger partial charge in [-0.15, -0.1) is 0 Å². The average molecular weight is 779 g/mol. The summed E-state index contributed by atoms with van der Waals surface area (Å²) in [6.45, 7) is 11.3. The van der Waals surface area contributed by atoms with Gasteiger partial charge in [0.15, 0.2) is 6.10 Å². The fourth-order valence-corrected chi connectivity index (χ4v) is 7.22. The number of hydrogen-bond donors (Lipinski definition) is 0. The van der Waals surface area contributed by atoms with Crippen LogP contribution < -0.4 is 0 Å². The van der Waals surface area contributed by atoms with E-state index in [4.69, 9.17) is 14.2 Å². The molecule has 0 aromatic carbocycles. The Hall–Kier alpha value is -1.59. The lowest BCUT2D eigenvalue weighted by molar-refractivity contribution is -0.167. The van der Waals surface area contributed by atoms with Crippen molar-refractivity contribution in [2.75, 3.05) is 13.2 Å². The van der Waals surface area contributed by atoms with E-state index in [-0.39, 0.29) is 31.1 Å². The zero-order chi connectivity index (χ0) is 40.5. The molecule has 0 aliphatic carbocycles. The molecule has 0 aliphatic heterocycles. The van der Waals surface area contributed by atoms with Gasteiger partial charge in [0.25, 0.3) is 0 Å². The van der Waals surface area contributed by atoms with Gasteiger partial charge in [0.2, 0.25) is 0 Å². The second kappa shape index (κ2) is 42.0. The SMILES string of the molecule is CCCCCCCCCCCCCCCC(=O)OC[C@H](COC(=O)CCCCCCCCCCCCC(C)CC)OC(=O)CCCCCCCCC(C)CC. The molecular weight excluding hydrogens is 685 g/mol. The smallest absolute Gasteiger partial charge is 0.306 e. The van der Waals surface area contributed by atoms with Crippen LogP contribution in [0.2, 0.25) is 0 Å². The number of carbonyl (C=O) groups excluding carboxylic acids is 3. The normalized spacial score (nSPS) is 13.0. The fourth-order valence-electron chi connectivity index (χ4n) is 7.22. The lowest BCUT2D eigenvalue weighted by Gasteiger charge is -2.18. The molecule has 2 unspecified atom stereocenters. The lowest BCUT2D eigenvalue weighted by atomic mass is 9.99. The highest BCUT2D eigenvalue weighted by Crippen LogP contribution is 2.18. The zero-order valence-electron chi connectivity index (χ0n) is 37.6. The van der Waals surface area contributed by atoms with Crippen LogP contribution in [0.1, 0.15) is 266 Å². The van der Waals surface area contributed by atoms with E-state index in [0.29, 0.717) is 19.3 Å². The Morgan fingerprint density at radius 2 is 0.636 bits per heavy atom. The van der Waals surface area contributed by atoms with Gasteiger partial charge in [0.05, 0.1) is 0 Å². The Labute approximate surface area is 342 Å². The van der Waals surface area contributed by atoms with Crippen molar-refractivity contribution in [2.45, 2.75) is 272 Å². The van der Waals surface area contributed by atoms with E-state index < -0.39 is 6.10 Å². The Morgan fingerprint density at radius 3 is 0.945 bits per heavy atom. The van der Waals surface area contributed by atoms with Crippen LogP contribution in [0.3, 0.4) is 0 Å². The van der Waals surface area contributed by atoms with E-state index in [9.17, 15) is 14.4 Å². The second-order valence-corrected chi connectivity index (χ2v) is 17.2. The molecule has 0 radical (unpaired) electrons. The molecule has 0 saturated heterocycles. The van der Waals surface area contributed by atoms with E-state index in [1.165, 1.54) is 154 Å². The predicted molar refractivity (Wildman–Crippen MR) is 233 cm³/mol. The number of hydrogen-bond acceptors (Lipinski definition) is 6. The molecule has 0 aliphatic rings. The molecule has 0 spiro atoms. The Bertz CT molecular complexity index is 843. The molecular formula is C49H94O6. The number of ether oxygens (including phenoxy) is 3. The van der Waals surface area contributed by atoms with E-state index in [2.05, 4.69) is 34.6 Å². The van der Waals surface area contributed by atoms with Gasteiger partial charge in [-0.3, -0.25) is 14.4 Å². The highest BCUT2D eigenvalue weighted by Gasteiger charge is 2.19. The highest BCUT2D eigenvalue weighted by molar-refractivity contribution is 5.71. The van der Waals surface area contributed by atoms with Gasteiger partial charge in [0.1, 0.15) is 13.2 Å². The molecule has 0 aromatic rings. The molecule has 6 nitrogen and oxygen atoms in total. The highest BCUT2D eigenvalue weighted by atomic mass is 16.6. The van der Waals surface area contributed by atoms with Crippen LogP contribution in [0.4, 0.5) is 0 Å². The molecule has 0 fully saturated rings. The summed E-state index contributed by atoms with van der Waals surface area (Å²) in [6, 6.07) is 0. The predicted octanol–water partition coefficient (Wildman–Crippen LogP) is 15.4. The maximum Gasteiger partial charge on any atom is 0.306 e. The van der Waals surface area contributed by atoms with Crippen LogP contribution >= 0.6 is 0 Å². The molecule has 326 valence electrons. The molecule has 0 amide bonds. The van der Waals surface area contributed by atoms with Gasteiger partial charge in [-0.05, 0) is 31.1 Å². The van der Waals surface area contributed by atoms with Crippen molar-refractivity contribution in [2.24, 2.45) is 11.8 Å². The summed E-state index contributed by atoms with van der Waals surface area (Å²) in [5.74, 6) is 0.823. The fraction of sp³-hybridized carbons (Fsp3) is 0.939. The molecule has 0 heterocycles. The van der Waals surface area contributed by atoms with Crippen molar-refractivity contribution in [3.63, 3.8) is 0 Å². The summed E-state index contributed by atoms with van der Waals surface area (Å²) in [6.07, 6.45) is 40.8. The molecule has 0 N–H and O–H groups in total. The van der Waals surface area contributed by atoms with Gasteiger partial charge in [-0.25, -0.2) is 0 Å². The monoisotopic (exact) mass is 779 g/mol.